The Morgan fingerprint density at radius 2 is 2.20 bits per heavy atom. The first-order valence-corrected chi connectivity index (χ1v) is 6.73. The van der Waals surface area contributed by atoms with Crippen LogP contribution in [0.2, 0.25) is 0 Å². The molecule has 1 amide bonds. The zero-order valence-electron chi connectivity index (χ0n) is 11.2. The molecule has 0 saturated heterocycles. The van der Waals surface area contributed by atoms with E-state index in [1.807, 2.05) is 0 Å². The number of hydrogen-bond acceptors (Lipinski definition) is 4. The Balaban J connectivity index is 2.22. The summed E-state index contributed by atoms with van der Waals surface area (Å²) >= 11 is 0. The molecule has 1 aliphatic carbocycles. The number of nitrogens with zero attached hydrogens (tertiary/aromatic N) is 2. The van der Waals surface area contributed by atoms with E-state index in [9.17, 15) is 4.79 Å². The first-order chi connectivity index (χ1) is 9.77. The second-order valence-corrected chi connectivity index (χ2v) is 4.65. The number of amides is 1. The molecular formula is C15H18N2O3. The van der Waals surface area contributed by atoms with Crippen LogP contribution in [0.3, 0.4) is 0 Å². The van der Waals surface area contributed by atoms with Crippen LogP contribution >= 0.6 is 0 Å². The largest absolute Gasteiger partial charge is 0.395 e. The average Bonchev–Trinajstić information content (AvgIpc) is 3.29. The molecule has 2 N–H and O–H groups in total. The Morgan fingerprint density at radius 1 is 1.40 bits per heavy atom. The lowest BCUT2D eigenvalue weighted by Crippen LogP contribution is -2.35. The van der Waals surface area contributed by atoms with Crippen LogP contribution in [-0.4, -0.2) is 51.8 Å². The van der Waals surface area contributed by atoms with E-state index in [0.29, 0.717) is 24.1 Å². The normalized spacial score (nSPS) is 13.5. The minimum absolute atomic E-state index is 0.00471. The molecule has 1 aromatic heterocycles. The summed E-state index contributed by atoms with van der Waals surface area (Å²) in [5.74, 6) is 5.56. The minimum Gasteiger partial charge on any atom is -0.395 e. The Morgan fingerprint density at radius 3 is 2.85 bits per heavy atom. The van der Waals surface area contributed by atoms with Crippen molar-refractivity contribution in [2.75, 3.05) is 19.8 Å². The highest BCUT2D eigenvalue weighted by Gasteiger charge is 2.33. The second-order valence-electron chi connectivity index (χ2n) is 4.65. The molecule has 20 heavy (non-hydrogen) atoms. The number of aliphatic hydroxyl groups is 2. The van der Waals surface area contributed by atoms with Crippen LogP contribution in [0, 0.1) is 11.8 Å². The standard InChI is InChI=1S/C15H18N2O3/c18-9-2-1-3-12-11-16-7-6-14(12)15(20)17(8-10-19)13-4-5-13/h6-7,11,13,18-19H,2,4-5,8-10H2. The van der Waals surface area contributed by atoms with Crippen LogP contribution in [0.15, 0.2) is 18.5 Å². The van der Waals surface area contributed by atoms with Crippen molar-refractivity contribution in [2.24, 2.45) is 0 Å². The lowest BCUT2D eigenvalue weighted by atomic mass is 10.1. The maximum Gasteiger partial charge on any atom is 0.255 e. The van der Waals surface area contributed by atoms with Gasteiger partial charge in [0.2, 0.25) is 0 Å². The molecule has 2 rings (SSSR count). The van der Waals surface area contributed by atoms with Gasteiger partial charge in [0.25, 0.3) is 5.91 Å². The smallest absolute Gasteiger partial charge is 0.255 e. The molecule has 0 aromatic carbocycles. The van der Waals surface area contributed by atoms with Gasteiger partial charge in [-0.15, -0.1) is 0 Å². The first kappa shape index (κ1) is 14.5. The van der Waals surface area contributed by atoms with E-state index in [4.69, 9.17) is 10.2 Å². The summed E-state index contributed by atoms with van der Waals surface area (Å²) in [4.78, 5) is 18.2. The Bertz CT molecular complexity index is 529. The third-order valence-electron chi connectivity index (χ3n) is 3.10. The number of rotatable bonds is 5. The summed E-state index contributed by atoms with van der Waals surface area (Å²) in [6.07, 6.45) is 5.46. The molecule has 1 saturated carbocycles. The van der Waals surface area contributed by atoms with Crippen LogP contribution in [0.5, 0.6) is 0 Å². The van der Waals surface area contributed by atoms with Crippen molar-refractivity contribution < 1.29 is 15.0 Å². The van der Waals surface area contributed by atoms with E-state index < -0.39 is 0 Å². The van der Waals surface area contributed by atoms with Crippen molar-refractivity contribution in [1.82, 2.24) is 9.88 Å². The van der Waals surface area contributed by atoms with Gasteiger partial charge in [-0.05, 0) is 18.9 Å². The zero-order chi connectivity index (χ0) is 14.4. The predicted molar refractivity (Wildman–Crippen MR) is 74.0 cm³/mol. The average molecular weight is 274 g/mol. The van der Waals surface area contributed by atoms with Gasteiger partial charge in [0, 0.05) is 31.4 Å². The molecule has 0 atom stereocenters. The highest BCUT2D eigenvalue weighted by molar-refractivity contribution is 5.97. The van der Waals surface area contributed by atoms with Crippen molar-refractivity contribution in [3.63, 3.8) is 0 Å². The fourth-order valence-corrected chi connectivity index (χ4v) is 1.99. The van der Waals surface area contributed by atoms with Gasteiger partial charge in [0.1, 0.15) is 0 Å². The monoisotopic (exact) mass is 274 g/mol. The Labute approximate surface area is 118 Å². The summed E-state index contributed by atoms with van der Waals surface area (Å²) in [5.41, 5.74) is 1.07. The molecule has 1 aromatic rings. The van der Waals surface area contributed by atoms with E-state index in [1.54, 1.807) is 23.4 Å². The number of hydrogen-bond donors (Lipinski definition) is 2. The maximum absolute atomic E-state index is 12.5. The summed E-state index contributed by atoms with van der Waals surface area (Å²) in [6, 6.07) is 1.89. The third-order valence-corrected chi connectivity index (χ3v) is 3.10. The Kier molecular flexibility index (Phi) is 5.10. The van der Waals surface area contributed by atoms with Crippen LogP contribution < -0.4 is 0 Å². The van der Waals surface area contributed by atoms with Gasteiger partial charge in [-0.25, -0.2) is 0 Å². The van der Waals surface area contributed by atoms with Crippen LogP contribution in [0.25, 0.3) is 0 Å². The van der Waals surface area contributed by atoms with Gasteiger partial charge in [-0.1, -0.05) is 11.8 Å². The summed E-state index contributed by atoms with van der Waals surface area (Å²) < 4.78 is 0. The summed E-state index contributed by atoms with van der Waals surface area (Å²) in [7, 11) is 0. The third kappa shape index (κ3) is 3.56. The zero-order valence-corrected chi connectivity index (χ0v) is 11.2. The van der Waals surface area contributed by atoms with Gasteiger partial charge >= 0.3 is 0 Å². The van der Waals surface area contributed by atoms with E-state index in [2.05, 4.69) is 16.8 Å². The lowest BCUT2D eigenvalue weighted by Gasteiger charge is -2.21. The second kappa shape index (κ2) is 7.04. The van der Waals surface area contributed by atoms with E-state index in [-0.39, 0.29) is 25.2 Å². The van der Waals surface area contributed by atoms with Crippen molar-refractivity contribution in [1.29, 1.82) is 0 Å². The molecule has 5 nitrogen and oxygen atoms in total. The molecule has 1 aliphatic rings. The van der Waals surface area contributed by atoms with Crippen LogP contribution in [0.1, 0.15) is 35.2 Å². The molecule has 0 aliphatic heterocycles. The number of aliphatic hydroxyl groups excluding tert-OH is 2. The number of aromatic nitrogens is 1. The molecule has 0 bridgehead atoms. The van der Waals surface area contributed by atoms with Gasteiger partial charge in [-0.2, -0.15) is 0 Å². The number of pyridine rings is 1. The fraction of sp³-hybridized carbons (Fsp3) is 0.467. The minimum atomic E-state index is -0.114. The fourth-order valence-electron chi connectivity index (χ4n) is 1.99. The SMILES string of the molecule is O=C(c1ccncc1C#CCCO)N(CCO)C1CC1. The highest BCUT2D eigenvalue weighted by Crippen LogP contribution is 2.28. The van der Waals surface area contributed by atoms with Gasteiger partial charge in [0.15, 0.2) is 0 Å². The highest BCUT2D eigenvalue weighted by atomic mass is 16.3. The molecule has 1 fully saturated rings. The Hall–Kier alpha value is -1.90. The van der Waals surface area contributed by atoms with Crippen LogP contribution in [-0.2, 0) is 0 Å². The maximum atomic E-state index is 12.5. The predicted octanol–water partition coefficient (Wildman–Crippen LogP) is 0.412. The van der Waals surface area contributed by atoms with Crippen molar-refractivity contribution >= 4 is 5.91 Å². The topological polar surface area (TPSA) is 73.7 Å². The quantitative estimate of drug-likeness (QED) is 0.763. The molecule has 1 heterocycles. The van der Waals surface area contributed by atoms with E-state index in [1.165, 1.54) is 0 Å². The molecular weight excluding hydrogens is 256 g/mol. The van der Waals surface area contributed by atoms with Crippen molar-refractivity contribution in [2.45, 2.75) is 25.3 Å². The van der Waals surface area contributed by atoms with Crippen molar-refractivity contribution in [3.8, 4) is 11.8 Å². The van der Waals surface area contributed by atoms with E-state index in [0.717, 1.165) is 12.8 Å². The van der Waals surface area contributed by atoms with Crippen molar-refractivity contribution in [3.05, 3.63) is 29.6 Å². The lowest BCUT2D eigenvalue weighted by molar-refractivity contribution is 0.0707. The molecule has 5 heteroatoms. The van der Waals surface area contributed by atoms with Crippen LogP contribution in [0.4, 0.5) is 0 Å². The molecule has 106 valence electrons. The number of carbonyl (C=O) groups is 1. The summed E-state index contributed by atoms with van der Waals surface area (Å²) in [5, 5.41) is 17.8. The first-order valence-electron chi connectivity index (χ1n) is 6.73. The van der Waals surface area contributed by atoms with Gasteiger partial charge in [0.05, 0.1) is 24.3 Å². The van der Waals surface area contributed by atoms with E-state index >= 15 is 0 Å². The summed E-state index contributed by atoms with van der Waals surface area (Å²) in [6.45, 7) is 0.295. The van der Waals surface area contributed by atoms with Gasteiger partial charge in [-0.3, -0.25) is 9.78 Å². The van der Waals surface area contributed by atoms with Gasteiger partial charge < -0.3 is 15.1 Å². The number of carbonyl (C=O) groups excluding carboxylic acids is 1. The molecule has 0 unspecified atom stereocenters. The molecule has 0 radical (unpaired) electrons. The molecule has 0 spiro atoms.